The van der Waals surface area contributed by atoms with Gasteiger partial charge in [0.2, 0.25) is 0 Å². The minimum atomic E-state index is -0.0197. The Bertz CT molecular complexity index is 352. The lowest BCUT2D eigenvalue weighted by Gasteiger charge is -2.20. The molecular weight excluding hydrogens is 336 g/mol. The van der Waals surface area contributed by atoms with E-state index in [-0.39, 0.29) is 5.91 Å². The lowest BCUT2D eigenvalue weighted by molar-refractivity contribution is 0.0759. The number of hydrogen-bond acceptors (Lipinski definition) is 2. The zero-order chi connectivity index (χ0) is 12.0. The molecule has 1 aromatic heterocycles. The minimum Gasteiger partial charge on any atom is -0.336 e. The highest BCUT2D eigenvalue weighted by Gasteiger charge is 2.17. The fourth-order valence-corrected chi connectivity index (χ4v) is 2.23. The maximum atomic E-state index is 12.2. The van der Waals surface area contributed by atoms with E-state index in [1.165, 1.54) is 0 Å². The van der Waals surface area contributed by atoms with Gasteiger partial charge in [-0.2, -0.15) is 0 Å². The average Bonchev–Trinajstić information content (AvgIpc) is 2.28. The first-order valence-electron chi connectivity index (χ1n) is 5.16. The van der Waals surface area contributed by atoms with Crippen molar-refractivity contribution in [2.75, 3.05) is 18.4 Å². The van der Waals surface area contributed by atoms with Gasteiger partial charge in [-0.25, -0.2) is 4.98 Å². The molecule has 0 saturated carbocycles. The molecule has 0 aromatic carbocycles. The van der Waals surface area contributed by atoms with Gasteiger partial charge in [-0.05, 0) is 34.5 Å². The monoisotopic (exact) mass is 348 g/mol. The van der Waals surface area contributed by atoms with Crippen LogP contribution in [0, 0.1) is 0 Å². The molecule has 0 radical (unpaired) electrons. The second-order valence-corrected chi connectivity index (χ2v) is 4.96. The van der Waals surface area contributed by atoms with Crippen LogP contribution in [0.4, 0.5) is 0 Å². The standard InChI is InChI=1S/C11H14Br2N2O/c1-2-7-15(8-5-12)11(16)10-9(13)4-3-6-14-10/h3-4,6H,2,5,7-8H2,1H3. The molecule has 0 N–H and O–H groups in total. The quantitative estimate of drug-likeness (QED) is 0.765. The van der Waals surface area contributed by atoms with E-state index in [1.807, 2.05) is 11.0 Å². The van der Waals surface area contributed by atoms with Gasteiger partial charge in [0.05, 0.1) is 0 Å². The zero-order valence-electron chi connectivity index (χ0n) is 9.12. The Morgan fingerprint density at radius 1 is 1.50 bits per heavy atom. The first-order chi connectivity index (χ1) is 7.70. The molecule has 1 heterocycles. The van der Waals surface area contributed by atoms with Crippen molar-refractivity contribution in [3.05, 3.63) is 28.5 Å². The third kappa shape index (κ3) is 3.56. The van der Waals surface area contributed by atoms with Crippen LogP contribution >= 0.6 is 31.9 Å². The molecular formula is C11H14Br2N2O. The summed E-state index contributed by atoms with van der Waals surface area (Å²) in [6, 6.07) is 3.63. The molecule has 16 heavy (non-hydrogen) atoms. The van der Waals surface area contributed by atoms with Gasteiger partial charge in [0, 0.05) is 29.1 Å². The Kier molecular flexibility index (Phi) is 5.98. The number of alkyl halides is 1. The summed E-state index contributed by atoms with van der Waals surface area (Å²) in [5.74, 6) is -0.0197. The molecule has 0 fully saturated rings. The van der Waals surface area contributed by atoms with Crippen LogP contribution in [-0.4, -0.2) is 34.2 Å². The van der Waals surface area contributed by atoms with Crippen LogP contribution in [0.2, 0.25) is 0 Å². The first kappa shape index (κ1) is 13.6. The molecule has 0 atom stereocenters. The largest absolute Gasteiger partial charge is 0.336 e. The SMILES string of the molecule is CCCN(CCBr)C(=O)c1ncccc1Br. The molecule has 0 aliphatic rings. The smallest absolute Gasteiger partial charge is 0.273 e. The van der Waals surface area contributed by atoms with E-state index in [1.54, 1.807) is 12.3 Å². The number of amides is 1. The summed E-state index contributed by atoms with van der Waals surface area (Å²) in [5.41, 5.74) is 0.483. The summed E-state index contributed by atoms with van der Waals surface area (Å²) in [6.07, 6.45) is 2.58. The Hall–Kier alpha value is -0.420. The summed E-state index contributed by atoms with van der Waals surface area (Å²) in [6.45, 7) is 3.52. The van der Waals surface area contributed by atoms with E-state index in [4.69, 9.17) is 0 Å². The summed E-state index contributed by atoms with van der Waals surface area (Å²) in [4.78, 5) is 18.1. The van der Waals surface area contributed by atoms with Gasteiger partial charge in [0.1, 0.15) is 5.69 Å². The number of nitrogens with zero attached hydrogens (tertiary/aromatic N) is 2. The lowest BCUT2D eigenvalue weighted by atomic mass is 10.3. The molecule has 1 aromatic rings. The first-order valence-corrected chi connectivity index (χ1v) is 7.08. The Morgan fingerprint density at radius 2 is 2.25 bits per heavy atom. The Labute approximate surface area is 112 Å². The molecule has 0 spiro atoms. The van der Waals surface area contributed by atoms with Crippen molar-refractivity contribution in [3.63, 3.8) is 0 Å². The molecule has 1 amide bonds. The highest BCUT2D eigenvalue weighted by Crippen LogP contribution is 2.15. The van der Waals surface area contributed by atoms with Crippen molar-refractivity contribution in [1.82, 2.24) is 9.88 Å². The van der Waals surface area contributed by atoms with Gasteiger partial charge in [-0.1, -0.05) is 22.9 Å². The second-order valence-electron chi connectivity index (χ2n) is 3.32. The average molecular weight is 350 g/mol. The van der Waals surface area contributed by atoms with Crippen LogP contribution in [0.1, 0.15) is 23.8 Å². The van der Waals surface area contributed by atoms with Crippen LogP contribution in [0.15, 0.2) is 22.8 Å². The predicted octanol–water partition coefficient (Wildman–Crippen LogP) is 3.09. The summed E-state index contributed by atoms with van der Waals surface area (Å²) >= 11 is 6.70. The van der Waals surface area contributed by atoms with E-state index in [0.29, 0.717) is 12.2 Å². The fraction of sp³-hybridized carbons (Fsp3) is 0.455. The van der Waals surface area contributed by atoms with Gasteiger partial charge in [-0.15, -0.1) is 0 Å². The van der Waals surface area contributed by atoms with Crippen molar-refractivity contribution in [3.8, 4) is 0 Å². The zero-order valence-corrected chi connectivity index (χ0v) is 12.3. The topological polar surface area (TPSA) is 33.2 Å². The molecule has 0 aliphatic heterocycles. The van der Waals surface area contributed by atoms with E-state index in [0.717, 1.165) is 22.8 Å². The molecule has 1 rings (SSSR count). The maximum Gasteiger partial charge on any atom is 0.273 e. The summed E-state index contributed by atoms with van der Waals surface area (Å²) < 4.78 is 0.746. The number of carbonyl (C=O) groups excluding carboxylic acids is 1. The highest BCUT2D eigenvalue weighted by molar-refractivity contribution is 9.10. The van der Waals surface area contributed by atoms with Crippen molar-refractivity contribution >= 4 is 37.8 Å². The highest BCUT2D eigenvalue weighted by atomic mass is 79.9. The van der Waals surface area contributed by atoms with Gasteiger partial charge in [-0.3, -0.25) is 4.79 Å². The number of carbonyl (C=O) groups is 1. The van der Waals surface area contributed by atoms with Crippen LogP contribution in [0.3, 0.4) is 0 Å². The fourth-order valence-electron chi connectivity index (χ4n) is 1.38. The van der Waals surface area contributed by atoms with Crippen LogP contribution < -0.4 is 0 Å². The number of aromatic nitrogens is 1. The predicted molar refractivity (Wildman–Crippen MR) is 71.9 cm³/mol. The summed E-state index contributed by atoms with van der Waals surface area (Å²) in [7, 11) is 0. The van der Waals surface area contributed by atoms with Crippen molar-refractivity contribution in [1.29, 1.82) is 0 Å². The number of pyridine rings is 1. The van der Waals surface area contributed by atoms with Crippen molar-refractivity contribution in [2.24, 2.45) is 0 Å². The van der Waals surface area contributed by atoms with E-state index >= 15 is 0 Å². The third-order valence-corrected chi connectivity index (χ3v) is 3.09. The Balaban J connectivity index is 2.85. The van der Waals surface area contributed by atoms with Crippen LogP contribution in [-0.2, 0) is 0 Å². The molecule has 0 unspecified atom stereocenters. The van der Waals surface area contributed by atoms with Crippen LogP contribution in [0.25, 0.3) is 0 Å². The third-order valence-electron chi connectivity index (χ3n) is 2.10. The van der Waals surface area contributed by atoms with Gasteiger partial charge < -0.3 is 4.90 Å². The number of hydrogen-bond donors (Lipinski definition) is 0. The molecule has 0 saturated heterocycles. The lowest BCUT2D eigenvalue weighted by Crippen LogP contribution is -2.34. The van der Waals surface area contributed by atoms with Crippen LogP contribution in [0.5, 0.6) is 0 Å². The molecule has 5 heteroatoms. The second kappa shape index (κ2) is 7.01. The normalized spacial score (nSPS) is 10.2. The molecule has 0 aliphatic carbocycles. The van der Waals surface area contributed by atoms with Gasteiger partial charge in [0.25, 0.3) is 5.91 Å². The van der Waals surface area contributed by atoms with Gasteiger partial charge >= 0.3 is 0 Å². The maximum absolute atomic E-state index is 12.2. The molecule has 88 valence electrons. The van der Waals surface area contributed by atoms with Gasteiger partial charge in [0.15, 0.2) is 0 Å². The van der Waals surface area contributed by atoms with Crippen molar-refractivity contribution in [2.45, 2.75) is 13.3 Å². The van der Waals surface area contributed by atoms with E-state index in [2.05, 4.69) is 43.8 Å². The Morgan fingerprint density at radius 3 is 2.81 bits per heavy atom. The summed E-state index contributed by atoms with van der Waals surface area (Å²) in [5, 5.41) is 0.781. The molecule has 0 bridgehead atoms. The van der Waals surface area contributed by atoms with Crippen molar-refractivity contribution < 1.29 is 4.79 Å². The number of halogens is 2. The van der Waals surface area contributed by atoms with E-state index < -0.39 is 0 Å². The molecule has 3 nitrogen and oxygen atoms in total. The minimum absolute atomic E-state index is 0.0197. The van der Waals surface area contributed by atoms with E-state index in [9.17, 15) is 4.79 Å². The number of rotatable bonds is 5.